The van der Waals surface area contributed by atoms with Crippen LogP contribution in [0.4, 0.5) is 0 Å². The van der Waals surface area contributed by atoms with Crippen LogP contribution in [0.25, 0.3) is 0 Å². The van der Waals surface area contributed by atoms with Gasteiger partial charge < -0.3 is 14.6 Å². The van der Waals surface area contributed by atoms with Crippen LogP contribution >= 0.6 is 0 Å². The molecule has 0 bridgehead atoms. The van der Waals surface area contributed by atoms with Crippen molar-refractivity contribution in [2.75, 3.05) is 27.2 Å². The molecule has 4 heteroatoms. The van der Waals surface area contributed by atoms with E-state index in [0.29, 0.717) is 0 Å². The SMILES string of the molecule is [2H]c1c(OC([2H])([2H])[2H])c(OC)c([2H])c2c1C([2H])([2H])C([2H])([2H])N1CC([2H])(C([2H])([2H])C([2H])(C([2H])([2H])[2H])C([2H])([2H])[2H])C([2H])(O)C([2H])([2H])C21[2H]. The number of methoxy groups -OCH3 is 2. The van der Waals surface area contributed by atoms with E-state index in [-0.39, 0.29) is 4.90 Å². The van der Waals surface area contributed by atoms with Gasteiger partial charge in [-0.05, 0) is 54.1 Å². The van der Waals surface area contributed by atoms with E-state index >= 15 is 0 Å². The van der Waals surface area contributed by atoms with Crippen molar-refractivity contribution in [3.63, 3.8) is 0 Å². The zero-order valence-corrected chi connectivity index (χ0v) is 11.9. The van der Waals surface area contributed by atoms with Gasteiger partial charge in [-0.15, -0.1) is 0 Å². The van der Waals surface area contributed by atoms with Gasteiger partial charge in [-0.3, -0.25) is 4.90 Å². The molecule has 1 aromatic carbocycles. The lowest BCUT2D eigenvalue weighted by molar-refractivity contribution is -0.0191. The third-order valence-corrected chi connectivity index (χ3v) is 3.18. The van der Waals surface area contributed by atoms with Gasteiger partial charge >= 0.3 is 0 Å². The fraction of sp³-hybridized carbons (Fsp3) is 0.684. The summed E-state index contributed by atoms with van der Waals surface area (Å²) in [6.45, 7) is -14.3. The first-order valence-electron chi connectivity index (χ1n) is 17.9. The number of aliphatic hydroxyl groups is 1. The Bertz CT molecular complexity index is 1400. The van der Waals surface area contributed by atoms with Gasteiger partial charge in [0.05, 0.1) is 29.8 Å². The second kappa shape index (κ2) is 6.70. The maximum Gasteiger partial charge on any atom is 0.161 e. The van der Waals surface area contributed by atoms with Crippen LogP contribution in [0.3, 0.4) is 0 Å². The summed E-state index contributed by atoms with van der Waals surface area (Å²) in [6.07, 6.45) is -17.1. The van der Waals surface area contributed by atoms with E-state index in [4.69, 9.17) is 39.6 Å². The van der Waals surface area contributed by atoms with Gasteiger partial charge in [0, 0.05) is 41.0 Å². The van der Waals surface area contributed by atoms with E-state index < -0.39 is 111 Å². The first-order valence-corrected chi connectivity index (χ1v) is 6.36. The van der Waals surface area contributed by atoms with Crippen LogP contribution in [-0.4, -0.2) is 43.3 Å². The second-order valence-electron chi connectivity index (χ2n) is 4.59. The van der Waals surface area contributed by atoms with Gasteiger partial charge in [0.15, 0.2) is 11.5 Å². The second-order valence-corrected chi connectivity index (χ2v) is 4.59. The molecule has 0 spiro atoms. The number of rotatable bonds is 4. The molecule has 0 saturated carbocycles. The maximum absolute atomic E-state index is 11.5. The fourth-order valence-corrected chi connectivity index (χ4v) is 2.19. The van der Waals surface area contributed by atoms with E-state index in [1.807, 2.05) is 0 Å². The first-order chi connectivity index (χ1) is 19.9. The predicted molar refractivity (Wildman–Crippen MR) is 91.1 cm³/mol. The molecule has 128 valence electrons. The van der Waals surface area contributed by atoms with Crippen LogP contribution in [-0.2, 0) is 6.37 Å². The monoisotopic (exact) mass is 342 g/mol. The topological polar surface area (TPSA) is 41.9 Å². The molecule has 2 aliphatic rings. The van der Waals surface area contributed by atoms with Crippen molar-refractivity contribution >= 4 is 0 Å². The summed E-state index contributed by atoms with van der Waals surface area (Å²) in [7, 11) is -2.56. The molecule has 3 rings (SSSR count). The number of hydrogen-bond donors (Lipinski definition) is 1. The summed E-state index contributed by atoms with van der Waals surface area (Å²) in [4.78, 5) is -0.253. The van der Waals surface area contributed by atoms with Crippen LogP contribution in [0.2, 0.25) is 0 Å². The molecule has 1 fully saturated rings. The Morgan fingerprint density at radius 3 is 3.13 bits per heavy atom. The van der Waals surface area contributed by atoms with Crippen molar-refractivity contribution < 1.29 is 46.1 Å². The van der Waals surface area contributed by atoms with E-state index in [1.54, 1.807) is 0 Å². The highest BCUT2D eigenvalue weighted by Gasteiger charge is 2.38. The van der Waals surface area contributed by atoms with E-state index in [0.717, 1.165) is 7.11 Å². The summed E-state index contributed by atoms with van der Waals surface area (Å²) in [5.74, 6) is -10.8. The molecule has 3 unspecified atom stereocenters. The molecular formula is C19H29NO3. The summed E-state index contributed by atoms with van der Waals surface area (Å²) in [5.41, 5.74) is -2.71. The molecule has 1 aromatic rings. The van der Waals surface area contributed by atoms with Crippen molar-refractivity contribution in [3.05, 3.63) is 23.2 Å². The van der Waals surface area contributed by atoms with Crippen LogP contribution in [0.15, 0.2) is 12.1 Å². The van der Waals surface area contributed by atoms with E-state index in [9.17, 15) is 6.48 Å². The number of piperidine rings is 1. The Morgan fingerprint density at radius 2 is 2.39 bits per heavy atom. The minimum Gasteiger partial charge on any atom is -0.493 e. The minimum atomic E-state index is -4.52. The van der Waals surface area contributed by atoms with Gasteiger partial charge in [0.1, 0.15) is 0 Å². The number of hydrogen-bond acceptors (Lipinski definition) is 4. The Balaban J connectivity index is 2.61. The standard InChI is InChI=1S/C19H29NO3/c1-12(2)7-14-11-20-6-5-13-8-18(22-3)19(23-4)9-15(13)16(20)10-17(14)21/h8-9,12,14,16-17,21H,5-7,10-11H2,1-4H3/i1D3,2D3,3D3,5D2,6D2,7D2,8D,9D,10D2,12D,14D,16D,17D. The molecule has 3 atom stereocenters. The lowest BCUT2D eigenvalue weighted by atomic mass is 9.79. The Morgan fingerprint density at radius 1 is 1.57 bits per heavy atom. The molecule has 2 aliphatic heterocycles. The van der Waals surface area contributed by atoms with Crippen LogP contribution in [0.5, 0.6) is 11.5 Å². The quantitative estimate of drug-likeness (QED) is 0.913. The Hall–Kier alpha value is -1.26. The fourth-order valence-electron chi connectivity index (χ4n) is 2.19. The van der Waals surface area contributed by atoms with Crippen molar-refractivity contribution in [3.8, 4) is 11.5 Å². The zero-order chi connectivity index (χ0) is 36.7. The molecule has 1 N–H and O–H groups in total. The third kappa shape index (κ3) is 3.20. The first kappa shape index (κ1) is 4.28. The van der Waals surface area contributed by atoms with Gasteiger partial charge in [-0.25, -0.2) is 0 Å². The van der Waals surface area contributed by atoms with Crippen LogP contribution in [0.1, 0.15) is 75.1 Å². The highest BCUT2D eigenvalue weighted by atomic mass is 16.5. The maximum atomic E-state index is 11.5. The average molecular weight is 343 g/mol. The molecule has 0 radical (unpaired) electrons. The van der Waals surface area contributed by atoms with Crippen molar-refractivity contribution in [2.45, 2.75) is 44.9 Å². The summed E-state index contributed by atoms with van der Waals surface area (Å²) in [6, 6.07) is -6.47. The van der Waals surface area contributed by atoms with E-state index in [2.05, 4.69) is 0 Å². The van der Waals surface area contributed by atoms with Gasteiger partial charge in [0.25, 0.3) is 0 Å². The minimum absolute atomic E-state index is 0.253. The molecule has 1 saturated heterocycles. The van der Waals surface area contributed by atoms with E-state index in [1.165, 1.54) is 0 Å². The molecule has 2 heterocycles. The van der Waals surface area contributed by atoms with Crippen molar-refractivity contribution in [2.24, 2.45) is 11.8 Å². The normalized spacial score (nSPS) is 61.0. The van der Waals surface area contributed by atoms with Crippen LogP contribution in [0, 0.1) is 11.8 Å². The van der Waals surface area contributed by atoms with Gasteiger partial charge in [0.2, 0.25) is 0 Å². The molecular weight excluding hydrogens is 290 g/mol. The predicted octanol–water partition coefficient (Wildman–Crippen LogP) is 3.03. The summed E-state index contributed by atoms with van der Waals surface area (Å²) in [5, 5.41) is 11.5. The number of benzene rings is 1. The lowest BCUT2D eigenvalue weighted by Gasteiger charge is -2.46. The third-order valence-electron chi connectivity index (χ3n) is 3.18. The Kier molecular flexibility index (Phi) is 1.25. The molecule has 0 aromatic heterocycles. The largest absolute Gasteiger partial charge is 0.493 e. The lowest BCUT2D eigenvalue weighted by Crippen LogP contribution is -2.48. The number of fused-ring (bicyclic) bond motifs is 3. The smallest absolute Gasteiger partial charge is 0.161 e. The van der Waals surface area contributed by atoms with Gasteiger partial charge in [-0.2, -0.15) is 0 Å². The van der Waals surface area contributed by atoms with Gasteiger partial charge in [-0.1, -0.05) is 13.7 Å². The summed E-state index contributed by atoms with van der Waals surface area (Å²) < 4.78 is 200. The highest BCUT2D eigenvalue weighted by molar-refractivity contribution is 5.49. The Labute approximate surface area is 171 Å². The zero-order valence-electron chi connectivity index (χ0n) is 34.9. The summed E-state index contributed by atoms with van der Waals surface area (Å²) >= 11 is 0. The highest BCUT2D eigenvalue weighted by Crippen LogP contribution is 2.43. The molecule has 4 nitrogen and oxygen atoms in total. The number of nitrogens with zero attached hydrogens (tertiary/aromatic N) is 1. The molecule has 0 aliphatic carbocycles. The molecule has 0 amide bonds. The van der Waals surface area contributed by atoms with Crippen LogP contribution < -0.4 is 9.47 Å². The average Bonchev–Trinajstić information content (AvgIpc) is 2.83. The van der Waals surface area contributed by atoms with Crippen molar-refractivity contribution in [1.29, 1.82) is 0 Å². The number of ether oxygens (including phenoxy) is 2. The molecule has 23 heavy (non-hydrogen) atoms. The van der Waals surface area contributed by atoms with Crippen molar-refractivity contribution in [1.82, 2.24) is 4.90 Å².